The third-order valence-electron chi connectivity index (χ3n) is 3.91. The van der Waals surface area contributed by atoms with Crippen molar-refractivity contribution in [2.24, 2.45) is 0 Å². The maximum atomic E-state index is 12.5. The number of pyridine rings is 1. The van der Waals surface area contributed by atoms with Crippen LogP contribution in [0.25, 0.3) is 0 Å². The van der Waals surface area contributed by atoms with Crippen molar-refractivity contribution < 1.29 is 4.79 Å². The Bertz CT molecular complexity index is 880. The summed E-state index contributed by atoms with van der Waals surface area (Å²) in [6.45, 7) is 4.53. The third kappa shape index (κ3) is 4.17. The smallest absolute Gasteiger partial charge is 0.274 e. The topological polar surface area (TPSA) is 79.8 Å². The number of aryl methyl sites for hydroxylation is 1. The summed E-state index contributed by atoms with van der Waals surface area (Å²) in [4.78, 5) is 25.0. The summed E-state index contributed by atoms with van der Waals surface area (Å²) >= 11 is 0. The number of nitrogens with zero attached hydrogens (tertiary/aromatic N) is 3. The second-order valence-electron chi connectivity index (χ2n) is 5.68. The minimum absolute atomic E-state index is 0.263. The Morgan fingerprint density at radius 1 is 1.08 bits per heavy atom. The van der Waals surface area contributed by atoms with E-state index in [-0.39, 0.29) is 5.91 Å². The van der Waals surface area contributed by atoms with Gasteiger partial charge in [0.1, 0.15) is 5.69 Å². The molecule has 0 radical (unpaired) electrons. The van der Waals surface area contributed by atoms with Gasteiger partial charge >= 0.3 is 0 Å². The monoisotopic (exact) mass is 333 g/mol. The van der Waals surface area contributed by atoms with Crippen LogP contribution < -0.4 is 10.6 Å². The lowest BCUT2D eigenvalue weighted by Crippen LogP contribution is -2.16. The molecule has 0 aliphatic rings. The molecular weight excluding hydrogens is 314 g/mol. The molecule has 0 atom stereocenters. The molecule has 0 unspecified atom stereocenters. The average Bonchev–Trinajstić information content (AvgIpc) is 2.65. The van der Waals surface area contributed by atoms with Gasteiger partial charge in [-0.05, 0) is 48.7 Å². The standard InChI is InChI=1S/C19H19N5O/c1-13-5-3-7-16(14(13)2)23-18(25)17-8-10-21-19(24-17)22-12-15-6-4-9-20-11-15/h3-11H,12H2,1-2H3,(H,23,25)(H,21,22,24). The van der Waals surface area contributed by atoms with Crippen molar-refractivity contribution in [2.45, 2.75) is 20.4 Å². The highest BCUT2D eigenvalue weighted by Gasteiger charge is 2.11. The van der Waals surface area contributed by atoms with E-state index in [1.807, 2.05) is 44.2 Å². The zero-order valence-corrected chi connectivity index (χ0v) is 14.2. The minimum Gasteiger partial charge on any atom is -0.350 e. The third-order valence-corrected chi connectivity index (χ3v) is 3.91. The largest absolute Gasteiger partial charge is 0.350 e. The molecule has 0 saturated carbocycles. The molecule has 1 amide bonds. The second kappa shape index (κ2) is 7.53. The van der Waals surface area contributed by atoms with Crippen molar-refractivity contribution in [1.82, 2.24) is 15.0 Å². The van der Waals surface area contributed by atoms with Gasteiger partial charge in [-0.2, -0.15) is 0 Å². The van der Waals surface area contributed by atoms with Gasteiger partial charge in [0.05, 0.1) is 0 Å². The Morgan fingerprint density at radius 2 is 1.96 bits per heavy atom. The molecule has 0 spiro atoms. The summed E-state index contributed by atoms with van der Waals surface area (Å²) < 4.78 is 0. The van der Waals surface area contributed by atoms with Gasteiger partial charge in [0.15, 0.2) is 0 Å². The van der Waals surface area contributed by atoms with Crippen molar-refractivity contribution in [2.75, 3.05) is 10.6 Å². The zero-order chi connectivity index (χ0) is 17.6. The van der Waals surface area contributed by atoms with E-state index >= 15 is 0 Å². The molecule has 2 heterocycles. The van der Waals surface area contributed by atoms with Crippen LogP contribution in [0.1, 0.15) is 27.2 Å². The molecule has 25 heavy (non-hydrogen) atoms. The maximum absolute atomic E-state index is 12.5. The first-order valence-electron chi connectivity index (χ1n) is 7.97. The highest BCUT2D eigenvalue weighted by atomic mass is 16.1. The van der Waals surface area contributed by atoms with Crippen LogP contribution in [0.2, 0.25) is 0 Å². The van der Waals surface area contributed by atoms with Crippen molar-refractivity contribution in [1.29, 1.82) is 0 Å². The predicted octanol–water partition coefficient (Wildman–Crippen LogP) is 3.35. The summed E-state index contributed by atoms with van der Waals surface area (Å²) in [5.74, 6) is 0.137. The van der Waals surface area contributed by atoms with Crippen LogP contribution in [-0.4, -0.2) is 20.9 Å². The molecule has 3 aromatic rings. The van der Waals surface area contributed by atoms with Crippen LogP contribution in [-0.2, 0) is 6.54 Å². The average molecular weight is 333 g/mol. The number of amides is 1. The van der Waals surface area contributed by atoms with E-state index in [0.29, 0.717) is 18.2 Å². The predicted molar refractivity (Wildman–Crippen MR) is 97.5 cm³/mol. The molecule has 6 heteroatoms. The molecule has 3 rings (SSSR count). The zero-order valence-electron chi connectivity index (χ0n) is 14.2. The molecule has 1 aromatic carbocycles. The summed E-state index contributed by atoms with van der Waals surface area (Å²) in [5.41, 5.74) is 4.27. The van der Waals surface area contributed by atoms with Crippen LogP contribution in [0, 0.1) is 13.8 Å². The van der Waals surface area contributed by atoms with Crippen LogP contribution >= 0.6 is 0 Å². The number of benzene rings is 1. The number of hydrogen-bond acceptors (Lipinski definition) is 5. The highest BCUT2D eigenvalue weighted by molar-refractivity contribution is 6.03. The van der Waals surface area contributed by atoms with Gasteiger partial charge in [-0.15, -0.1) is 0 Å². The van der Waals surface area contributed by atoms with E-state index in [4.69, 9.17) is 0 Å². The summed E-state index contributed by atoms with van der Waals surface area (Å²) in [6, 6.07) is 11.2. The number of aromatic nitrogens is 3. The first-order valence-corrected chi connectivity index (χ1v) is 7.97. The van der Waals surface area contributed by atoms with Crippen LogP contribution in [0.3, 0.4) is 0 Å². The first-order chi connectivity index (χ1) is 12.1. The fourth-order valence-corrected chi connectivity index (χ4v) is 2.33. The normalized spacial score (nSPS) is 10.3. The second-order valence-corrected chi connectivity index (χ2v) is 5.68. The molecule has 2 N–H and O–H groups in total. The van der Waals surface area contributed by atoms with E-state index < -0.39 is 0 Å². The number of hydrogen-bond donors (Lipinski definition) is 2. The Balaban J connectivity index is 1.70. The molecule has 0 bridgehead atoms. The van der Waals surface area contributed by atoms with E-state index in [1.165, 1.54) is 0 Å². The molecule has 0 aliphatic heterocycles. The van der Waals surface area contributed by atoms with Crippen molar-refractivity contribution in [3.8, 4) is 0 Å². The molecule has 0 saturated heterocycles. The Hall–Kier alpha value is -3.28. The lowest BCUT2D eigenvalue weighted by Gasteiger charge is -2.10. The van der Waals surface area contributed by atoms with Crippen molar-refractivity contribution >= 4 is 17.5 Å². The molecular formula is C19H19N5O. The number of carbonyl (C=O) groups excluding carboxylic acids is 1. The van der Waals surface area contributed by atoms with E-state index in [2.05, 4.69) is 25.6 Å². The molecule has 0 aliphatic carbocycles. The fraction of sp³-hybridized carbons (Fsp3) is 0.158. The van der Waals surface area contributed by atoms with Gasteiger partial charge in [0.25, 0.3) is 5.91 Å². The molecule has 6 nitrogen and oxygen atoms in total. The Labute approximate surface area is 146 Å². The summed E-state index contributed by atoms with van der Waals surface area (Å²) in [5, 5.41) is 6.00. The minimum atomic E-state index is -0.263. The Morgan fingerprint density at radius 3 is 2.76 bits per heavy atom. The number of nitrogens with one attached hydrogen (secondary N) is 2. The van der Waals surface area contributed by atoms with Crippen LogP contribution in [0.4, 0.5) is 11.6 Å². The van der Waals surface area contributed by atoms with Crippen molar-refractivity contribution in [3.05, 3.63) is 77.4 Å². The number of rotatable bonds is 5. The van der Waals surface area contributed by atoms with Gasteiger partial charge in [0, 0.05) is 30.8 Å². The summed E-state index contributed by atoms with van der Waals surface area (Å²) in [7, 11) is 0. The lowest BCUT2D eigenvalue weighted by molar-refractivity contribution is 0.102. The Kier molecular flexibility index (Phi) is 4.99. The fourth-order valence-electron chi connectivity index (χ4n) is 2.33. The molecule has 2 aromatic heterocycles. The van der Waals surface area contributed by atoms with Crippen LogP contribution in [0.5, 0.6) is 0 Å². The van der Waals surface area contributed by atoms with Gasteiger partial charge in [-0.1, -0.05) is 18.2 Å². The SMILES string of the molecule is Cc1cccc(NC(=O)c2ccnc(NCc3cccnc3)n2)c1C. The number of carbonyl (C=O) groups is 1. The highest BCUT2D eigenvalue weighted by Crippen LogP contribution is 2.18. The first kappa shape index (κ1) is 16.6. The van der Waals surface area contributed by atoms with Gasteiger partial charge in [-0.25, -0.2) is 9.97 Å². The van der Waals surface area contributed by atoms with Crippen molar-refractivity contribution in [3.63, 3.8) is 0 Å². The molecule has 0 fully saturated rings. The van der Waals surface area contributed by atoms with Gasteiger partial charge in [0.2, 0.25) is 5.95 Å². The van der Waals surface area contributed by atoms with E-state index in [1.54, 1.807) is 24.7 Å². The van der Waals surface area contributed by atoms with E-state index in [9.17, 15) is 4.79 Å². The van der Waals surface area contributed by atoms with Gasteiger partial charge in [-0.3, -0.25) is 9.78 Å². The summed E-state index contributed by atoms with van der Waals surface area (Å²) in [6.07, 6.45) is 5.05. The van der Waals surface area contributed by atoms with E-state index in [0.717, 1.165) is 22.4 Å². The van der Waals surface area contributed by atoms with Gasteiger partial charge < -0.3 is 10.6 Å². The maximum Gasteiger partial charge on any atom is 0.274 e. The van der Waals surface area contributed by atoms with Crippen LogP contribution in [0.15, 0.2) is 55.0 Å². The quantitative estimate of drug-likeness (QED) is 0.748. The molecule has 126 valence electrons. The lowest BCUT2D eigenvalue weighted by atomic mass is 10.1. The number of anilines is 2.